The highest BCUT2D eigenvalue weighted by Gasteiger charge is 2.41. The van der Waals surface area contributed by atoms with Gasteiger partial charge in [-0.1, -0.05) is 182 Å². The molecule has 64 heavy (non-hydrogen) atoms. The van der Waals surface area contributed by atoms with Crippen LogP contribution in [0.25, 0.3) is 88.1 Å². The molecule has 300 valence electrons. The molecule has 13 rings (SSSR count). The summed E-state index contributed by atoms with van der Waals surface area (Å²) in [7, 11) is -2.78. The Morgan fingerprint density at radius 1 is 0.297 bits per heavy atom. The van der Waals surface area contributed by atoms with Crippen LogP contribution in [-0.2, 0) is 0 Å². The Balaban J connectivity index is 1.05. The van der Waals surface area contributed by atoms with Crippen molar-refractivity contribution in [3.05, 3.63) is 243 Å². The Bertz CT molecular complexity index is 3800. The first kappa shape index (κ1) is 36.5. The summed E-state index contributed by atoms with van der Waals surface area (Å²) in [5.74, 6) is 0. The Morgan fingerprint density at radius 2 is 0.797 bits per heavy atom. The third kappa shape index (κ3) is 5.39. The molecule has 0 spiro atoms. The van der Waals surface area contributed by atoms with Crippen molar-refractivity contribution in [3.63, 3.8) is 0 Å². The van der Waals surface area contributed by atoms with E-state index in [9.17, 15) is 0 Å². The highest BCUT2D eigenvalue weighted by Crippen LogP contribution is 2.41. The van der Waals surface area contributed by atoms with Crippen LogP contribution >= 0.6 is 0 Å². The molecule has 3 nitrogen and oxygen atoms in total. The van der Waals surface area contributed by atoms with Crippen molar-refractivity contribution < 1.29 is 4.42 Å². The molecule has 10 aromatic carbocycles. The van der Waals surface area contributed by atoms with Crippen molar-refractivity contribution >= 4 is 94.4 Å². The third-order valence-electron chi connectivity index (χ3n) is 13.5. The van der Waals surface area contributed by atoms with Gasteiger partial charge in [0.05, 0.1) is 27.8 Å². The molecule has 0 saturated carbocycles. The van der Waals surface area contributed by atoms with E-state index < -0.39 is 8.07 Å². The molecule has 0 fully saturated rings. The van der Waals surface area contributed by atoms with E-state index >= 15 is 0 Å². The van der Waals surface area contributed by atoms with E-state index in [1.807, 2.05) is 12.1 Å². The van der Waals surface area contributed by atoms with Gasteiger partial charge in [-0.2, -0.15) is 0 Å². The fourth-order valence-corrected chi connectivity index (χ4v) is 15.5. The fraction of sp³-hybridized carbons (Fsp3) is 0. The maximum absolute atomic E-state index is 6.36. The van der Waals surface area contributed by atoms with E-state index in [4.69, 9.17) is 4.42 Å². The van der Waals surface area contributed by atoms with Crippen LogP contribution in [0.5, 0.6) is 0 Å². The lowest BCUT2D eigenvalue weighted by molar-refractivity contribution is 0.669. The number of nitrogens with zero attached hydrogens (tertiary/aromatic N) is 2. The molecular formula is C60H40N2OSi. The zero-order valence-corrected chi connectivity index (χ0v) is 35.9. The van der Waals surface area contributed by atoms with E-state index in [0.29, 0.717) is 0 Å². The highest BCUT2D eigenvalue weighted by atomic mass is 28.3. The smallest absolute Gasteiger partial charge is 0.179 e. The first-order valence-corrected chi connectivity index (χ1v) is 24.0. The molecule has 0 aliphatic rings. The van der Waals surface area contributed by atoms with Gasteiger partial charge in [0.1, 0.15) is 11.2 Å². The monoisotopic (exact) mass is 832 g/mol. The summed E-state index contributed by atoms with van der Waals surface area (Å²) >= 11 is 0. The van der Waals surface area contributed by atoms with E-state index in [2.05, 4.69) is 240 Å². The van der Waals surface area contributed by atoms with Gasteiger partial charge in [0.15, 0.2) is 8.07 Å². The minimum atomic E-state index is -2.78. The molecule has 4 heteroatoms. The first-order valence-electron chi connectivity index (χ1n) is 22.0. The summed E-state index contributed by atoms with van der Waals surface area (Å²) in [5, 5.41) is 12.6. The Hall–Kier alpha value is -8.18. The van der Waals surface area contributed by atoms with Crippen molar-refractivity contribution in [1.29, 1.82) is 0 Å². The summed E-state index contributed by atoms with van der Waals surface area (Å²) in [6.07, 6.45) is 0. The number of para-hydroxylation sites is 3. The number of hydrogen-bond donors (Lipinski definition) is 0. The van der Waals surface area contributed by atoms with Gasteiger partial charge in [0, 0.05) is 38.0 Å². The number of benzene rings is 10. The second-order valence-electron chi connectivity index (χ2n) is 16.8. The number of furan rings is 1. The van der Waals surface area contributed by atoms with Crippen LogP contribution < -0.4 is 20.7 Å². The lowest BCUT2D eigenvalue weighted by atomic mass is 10.0. The van der Waals surface area contributed by atoms with Gasteiger partial charge in [-0.05, 0) is 92.5 Å². The van der Waals surface area contributed by atoms with Crippen LogP contribution in [0.3, 0.4) is 0 Å². The third-order valence-corrected chi connectivity index (χ3v) is 18.2. The standard InChI is InChI=1S/C60H40N2OSi/c1-4-19-44(20-5-1)64(45-21-6-2-7-22-45,46-23-8-3-9-24-46)47-25-16-18-43(40-47)61-54-30-14-11-28-52(54)60-55(61)31-17-32-56(60)62-53-29-13-10-26-48(53)49-36-34-41(38-57(49)62)42-35-37-51-50-27-12-15-33-58(50)63-59(51)39-42/h1-40H. The summed E-state index contributed by atoms with van der Waals surface area (Å²) in [5.41, 5.74) is 11.1. The maximum atomic E-state index is 6.36. The molecule has 3 heterocycles. The van der Waals surface area contributed by atoms with Crippen molar-refractivity contribution in [2.24, 2.45) is 0 Å². The lowest BCUT2D eigenvalue weighted by Crippen LogP contribution is -2.74. The normalized spacial score (nSPS) is 12.1. The molecule has 3 aromatic heterocycles. The van der Waals surface area contributed by atoms with E-state index in [0.717, 1.165) is 44.4 Å². The SMILES string of the molecule is c1ccc([Si](c2ccccc2)(c2ccccc2)c2cccc(-n3c4ccccc4c4c(-n5c6ccccc6c6ccc(-c7ccc8c(c7)oc7ccccc78)cc65)cccc43)c2)cc1. The van der Waals surface area contributed by atoms with Crippen LogP contribution in [0.15, 0.2) is 247 Å². The number of fused-ring (bicyclic) bond motifs is 9. The molecule has 0 N–H and O–H groups in total. The van der Waals surface area contributed by atoms with E-state index in [-0.39, 0.29) is 0 Å². The Morgan fingerprint density at radius 3 is 1.50 bits per heavy atom. The first-order chi connectivity index (χ1) is 31.8. The predicted octanol–water partition coefficient (Wildman–Crippen LogP) is 12.8. The van der Waals surface area contributed by atoms with E-state index in [1.165, 1.54) is 64.4 Å². The molecular weight excluding hydrogens is 793 g/mol. The average Bonchev–Trinajstić information content (AvgIpc) is 4.03. The molecule has 0 amide bonds. The number of aromatic nitrogens is 2. The van der Waals surface area contributed by atoms with Gasteiger partial charge in [-0.25, -0.2) is 0 Å². The van der Waals surface area contributed by atoms with Crippen LogP contribution in [-0.4, -0.2) is 17.2 Å². The molecule has 0 aliphatic heterocycles. The molecule has 0 saturated heterocycles. The Labute approximate surface area is 371 Å². The van der Waals surface area contributed by atoms with Gasteiger partial charge >= 0.3 is 0 Å². The quantitative estimate of drug-likeness (QED) is 0.116. The van der Waals surface area contributed by atoms with Crippen molar-refractivity contribution in [2.45, 2.75) is 0 Å². The zero-order chi connectivity index (χ0) is 42.2. The predicted molar refractivity (Wildman–Crippen MR) is 271 cm³/mol. The minimum Gasteiger partial charge on any atom is -0.456 e. The fourth-order valence-electron chi connectivity index (χ4n) is 10.7. The topological polar surface area (TPSA) is 23.0 Å². The van der Waals surface area contributed by atoms with Crippen molar-refractivity contribution in [3.8, 4) is 22.5 Å². The summed E-state index contributed by atoms with van der Waals surface area (Å²) in [6.45, 7) is 0. The molecule has 13 aromatic rings. The van der Waals surface area contributed by atoms with Gasteiger partial charge in [-0.3, -0.25) is 0 Å². The van der Waals surface area contributed by atoms with Crippen molar-refractivity contribution in [1.82, 2.24) is 9.13 Å². The summed E-state index contributed by atoms with van der Waals surface area (Å²) < 4.78 is 11.3. The molecule has 0 aliphatic carbocycles. The molecule has 0 atom stereocenters. The Kier molecular flexibility index (Phi) is 8.23. The summed E-state index contributed by atoms with van der Waals surface area (Å²) in [4.78, 5) is 0. The van der Waals surface area contributed by atoms with Gasteiger partial charge in [0.2, 0.25) is 0 Å². The largest absolute Gasteiger partial charge is 0.456 e. The van der Waals surface area contributed by atoms with E-state index in [1.54, 1.807) is 0 Å². The van der Waals surface area contributed by atoms with Crippen LogP contribution in [0.2, 0.25) is 0 Å². The zero-order valence-electron chi connectivity index (χ0n) is 34.9. The molecule has 0 bridgehead atoms. The molecule has 0 radical (unpaired) electrons. The van der Waals surface area contributed by atoms with Crippen LogP contribution in [0, 0.1) is 0 Å². The number of hydrogen-bond acceptors (Lipinski definition) is 1. The maximum Gasteiger partial charge on any atom is 0.179 e. The summed E-state index contributed by atoms with van der Waals surface area (Å²) in [6, 6.07) is 89.3. The molecule has 0 unspecified atom stereocenters. The lowest BCUT2D eigenvalue weighted by Gasteiger charge is -2.34. The second kappa shape index (κ2) is 14.5. The van der Waals surface area contributed by atoms with Crippen LogP contribution in [0.4, 0.5) is 0 Å². The minimum absolute atomic E-state index is 0.900. The average molecular weight is 833 g/mol. The van der Waals surface area contributed by atoms with Gasteiger partial charge < -0.3 is 13.6 Å². The highest BCUT2D eigenvalue weighted by molar-refractivity contribution is 7.19. The van der Waals surface area contributed by atoms with Gasteiger partial charge in [0.25, 0.3) is 0 Å². The van der Waals surface area contributed by atoms with Crippen molar-refractivity contribution in [2.75, 3.05) is 0 Å². The number of rotatable bonds is 7. The second-order valence-corrected chi connectivity index (χ2v) is 20.6. The van der Waals surface area contributed by atoms with Crippen LogP contribution in [0.1, 0.15) is 0 Å². The van der Waals surface area contributed by atoms with Gasteiger partial charge in [-0.15, -0.1) is 0 Å².